The Labute approximate surface area is 117 Å². The molecule has 0 heterocycles. The Bertz CT molecular complexity index is 616. The Morgan fingerprint density at radius 2 is 1.75 bits per heavy atom. The lowest BCUT2D eigenvalue weighted by Gasteiger charge is -1.99. The van der Waals surface area contributed by atoms with E-state index in [2.05, 4.69) is 10.5 Å². The van der Waals surface area contributed by atoms with E-state index in [9.17, 15) is 4.79 Å². The highest BCUT2D eigenvalue weighted by Gasteiger charge is 2.02. The van der Waals surface area contributed by atoms with Crippen LogP contribution in [0.25, 0.3) is 6.08 Å². The first-order valence-electron chi connectivity index (χ1n) is 6.16. The molecule has 0 radical (unpaired) electrons. The Kier molecular flexibility index (Phi) is 4.67. The van der Waals surface area contributed by atoms with Gasteiger partial charge in [-0.1, -0.05) is 36.4 Å². The molecule has 0 aromatic heterocycles. The number of benzene rings is 2. The molecule has 2 aromatic rings. The molecule has 0 spiro atoms. The fourth-order valence-electron chi connectivity index (χ4n) is 1.56. The van der Waals surface area contributed by atoms with Crippen molar-refractivity contribution in [3.63, 3.8) is 0 Å². The molecule has 0 atom stereocenters. The monoisotopic (exact) mass is 265 g/mol. The van der Waals surface area contributed by atoms with Crippen LogP contribution in [0.1, 0.15) is 15.9 Å². The van der Waals surface area contributed by atoms with Gasteiger partial charge in [-0.05, 0) is 35.9 Å². The quantitative estimate of drug-likeness (QED) is 0.507. The minimum atomic E-state index is -0.269. The SMILES string of the molecule is Nc1ccc(C(=O)N/N=C/C=C/c2ccccc2)cc1. The van der Waals surface area contributed by atoms with Gasteiger partial charge in [-0.25, -0.2) is 5.43 Å². The van der Waals surface area contributed by atoms with Crippen molar-refractivity contribution in [3.05, 3.63) is 71.8 Å². The number of nitrogens with one attached hydrogen (secondary N) is 1. The summed E-state index contributed by atoms with van der Waals surface area (Å²) < 4.78 is 0. The van der Waals surface area contributed by atoms with Gasteiger partial charge in [0.2, 0.25) is 0 Å². The fourth-order valence-corrected chi connectivity index (χ4v) is 1.56. The number of nitrogens with two attached hydrogens (primary N) is 1. The van der Waals surface area contributed by atoms with Crippen LogP contribution in [-0.4, -0.2) is 12.1 Å². The lowest BCUT2D eigenvalue weighted by atomic mass is 10.2. The largest absolute Gasteiger partial charge is 0.399 e. The van der Waals surface area contributed by atoms with Gasteiger partial charge in [0, 0.05) is 17.5 Å². The number of hydrogen-bond donors (Lipinski definition) is 2. The van der Waals surface area contributed by atoms with Crippen molar-refractivity contribution >= 4 is 23.9 Å². The number of nitrogens with zero attached hydrogens (tertiary/aromatic N) is 1. The van der Waals surface area contributed by atoms with Gasteiger partial charge in [-0.2, -0.15) is 5.10 Å². The number of amides is 1. The van der Waals surface area contributed by atoms with E-state index in [4.69, 9.17) is 5.73 Å². The molecule has 100 valence electrons. The predicted octanol–water partition coefficient (Wildman–Crippen LogP) is 2.70. The van der Waals surface area contributed by atoms with Crippen LogP contribution in [0.4, 0.5) is 5.69 Å². The van der Waals surface area contributed by atoms with Crippen molar-refractivity contribution < 1.29 is 4.79 Å². The standard InChI is InChI=1S/C16H15N3O/c17-15-10-8-14(9-11-15)16(20)19-18-12-4-7-13-5-2-1-3-6-13/h1-12H,17H2,(H,19,20)/b7-4+,18-12+. The highest BCUT2D eigenvalue weighted by Crippen LogP contribution is 2.05. The van der Waals surface area contributed by atoms with Crippen LogP contribution in [0.5, 0.6) is 0 Å². The van der Waals surface area contributed by atoms with Crippen molar-refractivity contribution in [1.29, 1.82) is 0 Å². The molecule has 20 heavy (non-hydrogen) atoms. The van der Waals surface area contributed by atoms with Crippen molar-refractivity contribution in [1.82, 2.24) is 5.43 Å². The Morgan fingerprint density at radius 3 is 2.45 bits per heavy atom. The number of carbonyl (C=O) groups excluding carboxylic acids is 1. The molecule has 2 aromatic carbocycles. The second kappa shape index (κ2) is 6.89. The average molecular weight is 265 g/mol. The maximum Gasteiger partial charge on any atom is 0.271 e. The summed E-state index contributed by atoms with van der Waals surface area (Å²) >= 11 is 0. The number of nitrogen functional groups attached to an aromatic ring is 1. The van der Waals surface area contributed by atoms with E-state index in [1.807, 2.05) is 36.4 Å². The molecule has 4 nitrogen and oxygen atoms in total. The molecule has 1 amide bonds. The molecule has 0 saturated carbocycles. The lowest BCUT2D eigenvalue weighted by molar-refractivity contribution is 0.0955. The van der Waals surface area contributed by atoms with Crippen LogP contribution in [0.2, 0.25) is 0 Å². The molecule has 0 aliphatic carbocycles. The maximum atomic E-state index is 11.7. The van der Waals surface area contributed by atoms with E-state index in [0.717, 1.165) is 5.56 Å². The first kappa shape index (κ1) is 13.5. The van der Waals surface area contributed by atoms with Gasteiger partial charge in [0.05, 0.1) is 0 Å². The lowest BCUT2D eigenvalue weighted by Crippen LogP contribution is -2.17. The van der Waals surface area contributed by atoms with Crippen molar-refractivity contribution in [2.24, 2.45) is 5.10 Å². The van der Waals surface area contributed by atoms with Gasteiger partial charge < -0.3 is 5.73 Å². The van der Waals surface area contributed by atoms with Crippen molar-refractivity contribution in [2.75, 3.05) is 5.73 Å². The van der Waals surface area contributed by atoms with Crippen LogP contribution in [0.15, 0.2) is 65.8 Å². The molecule has 0 saturated heterocycles. The van der Waals surface area contributed by atoms with Crippen LogP contribution in [0.3, 0.4) is 0 Å². The van der Waals surface area contributed by atoms with E-state index in [-0.39, 0.29) is 5.91 Å². The van der Waals surface area contributed by atoms with E-state index in [1.54, 1.807) is 30.3 Å². The molecular weight excluding hydrogens is 250 g/mol. The highest BCUT2D eigenvalue weighted by atomic mass is 16.2. The molecule has 4 heteroatoms. The van der Waals surface area contributed by atoms with Gasteiger partial charge in [0.15, 0.2) is 0 Å². The highest BCUT2D eigenvalue weighted by molar-refractivity contribution is 5.95. The Morgan fingerprint density at radius 1 is 1.05 bits per heavy atom. The second-order valence-electron chi connectivity index (χ2n) is 4.11. The molecule has 0 unspecified atom stereocenters. The normalized spacial score (nSPS) is 11.0. The number of hydrazone groups is 1. The molecule has 0 fully saturated rings. The van der Waals surface area contributed by atoms with E-state index < -0.39 is 0 Å². The van der Waals surface area contributed by atoms with Gasteiger partial charge in [0.1, 0.15) is 0 Å². The van der Waals surface area contributed by atoms with Gasteiger partial charge in [0.25, 0.3) is 5.91 Å². The number of rotatable bonds is 4. The molecule has 3 N–H and O–H groups in total. The third kappa shape index (κ3) is 4.10. The van der Waals surface area contributed by atoms with E-state index in [0.29, 0.717) is 11.3 Å². The summed E-state index contributed by atoms with van der Waals surface area (Å²) in [4.78, 5) is 11.7. The minimum Gasteiger partial charge on any atom is -0.399 e. The second-order valence-corrected chi connectivity index (χ2v) is 4.11. The third-order valence-corrected chi connectivity index (χ3v) is 2.59. The zero-order valence-electron chi connectivity index (χ0n) is 10.9. The minimum absolute atomic E-state index is 0.269. The number of anilines is 1. The van der Waals surface area contributed by atoms with Crippen molar-refractivity contribution in [2.45, 2.75) is 0 Å². The van der Waals surface area contributed by atoms with Crippen molar-refractivity contribution in [3.8, 4) is 0 Å². The first-order valence-corrected chi connectivity index (χ1v) is 6.16. The van der Waals surface area contributed by atoms with Crippen LogP contribution >= 0.6 is 0 Å². The zero-order valence-corrected chi connectivity index (χ0v) is 10.9. The van der Waals surface area contributed by atoms with E-state index in [1.165, 1.54) is 6.21 Å². The van der Waals surface area contributed by atoms with Crippen LogP contribution in [-0.2, 0) is 0 Å². The summed E-state index contributed by atoms with van der Waals surface area (Å²) in [7, 11) is 0. The summed E-state index contributed by atoms with van der Waals surface area (Å²) in [5.41, 5.74) is 10.2. The Hall–Kier alpha value is -2.88. The van der Waals surface area contributed by atoms with Gasteiger partial charge >= 0.3 is 0 Å². The molecule has 2 rings (SSSR count). The number of allylic oxidation sites excluding steroid dienone is 1. The van der Waals surface area contributed by atoms with Gasteiger partial charge in [-0.15, -0.1) is 0 Å². The summed E-state index contributed by atoms with van der Waals surface area (Å²) in [6.45, 7) is 0. The summed E-state index contributed by atoms with van der Waals surface area (Å²) in [6.07, 6.45) is 5.19. The summed E-state index contributed by atoms with van der Waals surface area (Å²) in [5.74, 6) is -0.269. The number of carbonyl (C=O) groups is 1. The fraction of sp³-hybridized carbons (Fsp3) is 0. The molecule has 0 bridgehead atoms. The zero-order chi connectivity index (χ0) is 14.2. The maximum absolute atomic E-state index is 11.7. The Balaban J connectivity index is 1.86. The molecular formula is C16H15N3O. The molecule has 0 aliphatic heterocycles. The van der Waals surface area contributed by atoms with E-state index >= 15 is 0 Å². The topological polar surface area (TPSA) is 67.5 Å². The summed E-state index contributed by atoms with van der Waals surface area (Å²) in [5, 5.41) is 3.84. The molecule has 0 aliphatic rings. The van der Waals surface area contributed by atoms with Crippen LogP contribution in [0, 0.1) is 0 Å². The smallest absolute Gasteiger partial charge is 0.271 e. The third-order valence-electron chi connectivity index (χ3n) is 2.59. The summed E-state index contributed by atoms with van der Waals surface area (Å²) in [6, 6.07) is 16.5. The van der Waals surface area contributed by atoms with Crippen LogP contribution < -0.4 is 11.2 Å². The average Bonchev–Trinajstić information content (AvgIpc) is 2.48. The first-order chi connectivity index (χ1) is 9.75. The van der Waals surface area contributed by atoms with Gasteiger partial charge in [-0.3, -0.25) is 4.79 Å². The number of hydrogen-bond acceptors (Lipinski definition) is 3. The predicted molar refractivity (Wildman–Crippen MR) is 82.3 cm³/mol.